The Morgan fingerprint density at radius 2 is 1.91 bits per heavy atom. The standard InChI is InChI=1S/C18H25FN2.2ClH/c1-14(11-15-5-3-2-4-6-15)16-12-17(16)21-13-18(19)7-9-20-10-8-18;;/h2-6,11,16-17,20-21H,7-10,12-13H2,1H3;2*1H. The van der Waals surface area contributed by atoms with Gasteiger partial charge in [0, 0.05) is 12.6 Å². The Hall–Kier alpha value is -0.610. The highest BCUT2D eigenvalue weighted by Crippen LogP contribution is 2.38. The van der Waals surface area contributed by atoms with E-state index >= 15 is 0 Å². The highest BCUT2D eigenvalue weighted by Gasteiger charge is 2.40. The third-order valence-corrected chi connectivity index (χ3v) is 4.75. The van der Waals surface area contributed by atoms with Crippen LogP contribution in [0.15, 0.2) is 35.9 Å². The molecule has 2 N–H and O–H groups in total. The molecule has 23 heavy (non-hydrogen) atoms. The topological polar surface area (TPSA) is 24.1 Å². The molecule has 0 spiro atoms. The Morgan fingerprint density at radius 1 is 1.26 bits per heavy atom. The van der Waals surface area contributed by atoms with Crippen molar-refractivity contribution in [2.45, 2.75) is 37.9 Å². The van der Waals surface area contributed by atoms with Gasteiger partial charge in [-0.15, -0.1) is 24.8 Å². The summed E-state index contributed by atoms with van der Waals surface area (Å²) in [6.45, 7) is 4.31. The molecule has 0 aromatic heterocycles. The molecule has 2 nitrogen and oxygen atoms in total. The van der Waals surface area contributed by atoms with E-state index in [1.54, 1.807) is 0 Å². The van der Waals surface area contributed by atoms with Crippen LogP contribution in [0.2, 0.25) is 0 Å². The summed E-state index contributed by atoms with van der Waals surface area (Å²) in [5.41, 5.74) is 1.65. The molecule has 1 heterocycles. The first-order chi connectivity index (χ1) is 10.2. The van der Waals surface area contributed by atoms with Gasteiger partial charge in [0.25, 0.3) is 0 Å². The minimum Gasteiger partial charge on any atom is -0.316 e. The molecule has 1 aliphatic carbocycles. The Kier molecular flexibility index (Phi) is 8.02. The first kappa shape index (κ1) is 20.4. The Morgan fingerprint density at radius 3 is 2.57 bits per heavy atom. The SMILES string of the molecule is CC(=Cc1ccccc1)C1CC1NCC1(F)CCNCC1.Cl.Cl. The number of rotatable bonds is 5. The number of halogens is 3. The van der Waals surface area contributed by atoms with E-state index in [1.807, 2.05) is 6.07 Å². The molecule has 0 bridgehead atoms. The molecule has 0 amide bonds. The Bertz CT molecular complexity index is 501. The van der Waals surface area contributed by atoms with Crippen molar-refractivity contribution < 1.29 is 4.39 Å². The number of alkyl halides is 1. The van der Waals surface area contributed by atoms with E-state index in [2.05, 4.69) is 47.9 Å². The molecule has 1 saturated carbocycles. The normalized spacial score (nSPS) is 25.9. The van der Waals surface area contributed by atoms with Crippen molar-refractivity contribution in [3.8, 4) is 0 Å². The first-order valence-corrected chi connectivity index (χ1v) is 8.03. The third kappa shape index (κ3) is 5.75. The maximum atomic E-state index is 14.5. The van der Waals surface area contributed by atoms with Crippen molar-refractivity contribution in [3.05, 3.63) is 41.5 Å². The zero-order valence-electron chi connectivity index (χ0n) is 13.6. The van der Waals surface area contributed by atoms with Crippen LogP contribution >= 0.6 is 24.8 Å². The average molecular weight is 361 g/mol. The lowest BCUT2D eigenvalue weighted by atomic mass is 9.94. The minimum absolute atomic E-state index is 0. The van der Waals surface area contributed by atoms with E-state index in [1.165, 1.54) is 11.1 Å². The van der Waals surface area contributed by atoms with Crippen LogP contribution in [0.3, 0.4) is 0 Å². The fraction of sp³-hybridized carbons (Fsp3) is 0.556. The van der Waals surface area contributed by atoms with Crippen molar-refractivity contribution in [2.24, 2.45) is 5.92 Å². The largest absolute Gasteiger partial charge is 0.316 e. The van der Waals surface area contributed by atoms with E-state index in [0.29, 0.717) is 31.3 Å². The molecule has 130 valence electrons. The van der Waals surface area contributed by atoms with Crippen LogP contribution in [0.4, 0.5) is 4.39 Å². The predicted octanol–water partition coefficient (Wildman–Crippen LogP) is 4.00. The minimum atomic E-state index is -1.00. The van der Waals surface area contributed by atoms with Gasteiger partial charge in [-0.3, -0.25) is 0 Å². The Labute approximate surface area is 151 Å². The maximum absolute atomic E-state index is 14.5. The average Bonchev–Trinajstić information content (AvgIpc) is 3.27. The van der Waals surface area contributed by atoms with Crippen LogP contribution in [0.5, 0.6) is 0 Å². The number of hydrogen-bond donors (Lipinski definition) is 2. The fourth-order valence-corrected chi connectivity index (χ4v) is 3.21. The molecular weight excluding hydrogens is 334 g/mol. The van der Waals surface area contributed by atoms with E-state index in [0.717, 1.165) is 19.5 Å². The predicted molar refractivity (Wildman–Crippen MR) is 100 cm³/mol. The van der Waals surface area contributed by atoms with Crippen molar-refractivity contribution in [1.82, 2.24) is 10.6 Å². The van der Waals surface area contributed by atoms with Crippen LogP contribution in [0.1, 0.15) is 31.7 Å². The van der Waals surface area contributed by atoms with Gasteiger partial charge >= 0.3 is 0 Å². The monoisotopic (exact) mass is 360 g/mol. The maximum Gasteiger partial charge on any atom is 0.125 e. The molecule has 5 heteroatoms. The van der Waals surface area contributed by atoms with Gasteiger partial charge in [0.1, 0.15) is 5.67 Å². The van der Waals surface area contributed by atoms with Crippen LogP contribution in [0, 0.1) is 5.92 Å². The molecule has 1 aromatic carbocycles. The molecule has 3 rings (SSSR count). The van der Waals surface area contributed by atoms with Crippen LogP contribution in [-0.2, 0) is 0 Å². The van der Waals surface area contributed by atoms with E-state index in [4.69, 9.17) is 0 Å². The van der Waals surface area contributed by atoms with Gasteiger partial charge in [-0.1, -0.05) is 42.0 Å². The Balaban J connectivity index is 0.00000132. The summed E-state index contributed by atoms with van der Waals surface area (Å²) in [6, 6.07) is 10.9. The molecule has 0 radical (unpaired) electrons. The van der Waals surface area contributed by atoms with Crippen LogP contribution in [-0.4, -0.2) is 31.3 Å². The van der Waals surface area contributed by atoms with Crippen molar-refractivity contribution in [3.63, 3.8) is 0 Å². The fourth-order valence-electron chi connectivity index (χ4n) is 3.21. The lowest BCUT2D eigenvalue weighted by molar-refractivity contribution is 0.113. The number of hydrogen-bond acceptors (Lipinski definition) is 2. The van der Waals surface area contributed by atoms with E-state index in [9.17, 15) is 4.39 Å². The quantitative estimate of drug-likeness (QED) is 0.828. The highest BCUT2D eigenvalue weighted by molar-refractivity contribution is 5.85. The van der Waals surface area contributed by atoms with Gasteiger partial charge in [0.05, 0.1) is 0 Å². The lowest BCUT2D eigenvalue weighted by Crippen LogP contribution is -2.46. The molecule has 1 aliphatic heterocycles. The van der Waals surface area contributed by atoms with Crippen molar-refractivity contribution >= 4 is 30.9 Å². The number of piperidine rings is 1. The van der Waals surface area contributed by atoms with Crippen molar-refractivity contribution in [2.75, 3.05) is 19.6 Å². The molecule has 2 atom stereocenters. The van der Waals surface area contributed by atoms with E-state index in [-0.39, 0.29) is 24.8 Å². The second-order valence-electron chi connectivity index (χ2n) is 6.53. The third-order valence-electron chi connectivity index (χ3n) is 4.75. The molecule has 2 aliphatic rings. The summed E-state index contributed by atoms with van der Waals surface area (Å²) in [5, 5.41) is 6.66. The highest BCUT2D eigenvalue weighted by atomic mass is 35.5. The molecule has 2 unspecified atom stereocenters. The number of nitrogens with one attached hydrogen (secondary N) is 2. The molecular formula is C18H27Cl2FN2. The molecule has 1 saturated heterocycles. The molecule has 2 fully saturated rings. The zero-order valence-corrected chi connectivity index (χ0v) is 15.2. The summed E-state index contributed by atoms with van der Waals surface area (Å²) < 4.78 is 14.5. The van der Waals surface area contributed by atoms with Gasteiger partial charge < -0.3 is 10.6 Å². The second kappa shape index (κ2) is 9.03. The van der Waals surface area contributed by atoms with Gasteiger partial charge in [0.15, 0.2) is 0 Å². The van der Waals surface area contributed by atoms with E-state index < -0.39 is 5.67 Å². The summed E-state index contributed by atoms with van der Waals surface area (Å²) in [5.74, 6) is 0.579. The van der Waals surface area contributed by atoms with Gasteiger partial charge in [-0.05, 0) is 50.8 Å². The number of benzene rings is 1. The smallest absolute Gasteiger partial charge is 0.125 e. The second-order valence-corrected chi connectivity index (χ2v) is 6.53. The van der Waals surface area contributed by atoms with Gasteiger partial charge in [-0.2, -0.15) is 0 Å². The summed E-state index contributed by atoms with van der Waals surface area (Å²) in [6.07, 6.45) is 4.66. The van der Waals surface area contributed by atoms with Gasteiger partial charge in [-0.25, -0.2) is 4.39 Å². The van der Waals surface area contributed by atoms with Crippen LogP contribution < -0.4 is 10.6 Å². The lowest BCUT2D eigenvalue weighted by Gasteiger charge is -2.30. The summed E-state index contributed by atoms with van der Waals surface area (Å²) >= 11 is 0. The first-order valence-electron chi connectivity index (χ1n) is 8.03. The van der Waals surface area contributed by atoms with Gasteiger partial charge in [0.2, 0.25) is 0 Å². The van der Waals surface area contributed by atoms with Crippen molar-refractivity contribution in [1.29, 1.82) is 0 Å². The summed E-state index contributed by atoms with van der Waals surface area (Å²) in [4.78, 5) is 0. The zero-order chi connectivity index (χ0) is 14.7. The van der Waals surface area contributed by atoms with Crippen LogP contribution in [0.25, 0.3) is 6.08 Å². The molecule has 1 aromatic rings. The summed E-state index contributed by atoms with van der Waals surface area (Å²) in [7, 11) is 0.